The Labute approximate surface area is 192 Å². The van der Waals surface area contributed by atoms with E-state index in [1.54, 1.807) is 6.20 Å². The molecule has 1 atom stereocenters. The van der Waals surface area contributed by atoms with Crippen LogP contribution in [0.15, 0.2) is 71.4 Å². The molecule has 0 saturated heterocycles. The third-order valence-electron chi connectivity index (χ3n) is 6.14. The molecule has 3 N–H and O–H groups in total. The molecule has 1 heterocycles. The highest BCUT2D eigenvalue weighted by Crippen LogP contribution is 2.34. The van der Waals surface area contributed by atoms with E-state index in [0.29, 0.717) is 0 Å². The van der Waals surface area contributed by atoms with Gasteiger partial charge < -0.3 is 11.1 Å². The number of aromatic nitrogens is 1. The molecular formula is C28H34N4. The van der Waals surface area contributed by atoms with Gasteiger partial charge in [0.2, 0.25) is 0 Å². The molecule has 0 aliphatic carbocycles. The zero-order valence-corrected chi connectivity index (χ0v) is 20.0. The zero-order chi connectivity index (χ0) is 23.3. The lowest BCUT2D eigenvalue weighted by Gasteiger charge is -2.28. The van der Waals surface area contributed by atoms with Gasteiger partial charge in [0.15, 0.2) is 0 Å². The number of hydrogen-bond donors (Lipinski definition) is 2. The second kappa shape index (κ2) is 9.82. The predicted octanol–water partition coefficient (Wildman–Crippen LogP) is 6.97. The number of anilines is 2. The first-order valence-corrected chi connectivity index (χ1v) is 11.1. The van der Waals surface area contributed by atoms with E-state index >= 15 is 0 Å². The van der Waals surface area contributed by atoms with Crippen LogP contribution in [0.25, 0.3) is 17.0 Å². The van der Waals surface area contributed by atoms with Gasteiger partial charge in [0, 0.05) is 40.2 Å². The SMILES string of the molecule is C/C=C(/C)C(C)(C)c1cc(N)c(C=NC(C)Nc2ccc3ncccc3c2)c(/C=C/C)c1. The van der Waals surface area contributed by atoms with Crippen molar-refractivity contribution in [3.05, 3.63) is 83.1 Å². The van der Waals surface area contributed by atoms with Crippen LogP contribution in [-0.2, 0) is 5.41 Å². The fourth-order valence-corrected chi connectivity index (χ4v) is 3.74. The Balaban J connectivity index is 1.87. The average Bonchev–Trinajstić information content (AvgIpc) is 2.77. The monoisotopic (exact) mass is 426 g/mol. The van der Waals surface area contributed by atoms with Gasteiger partial charge in [-0.15, -0.1) is 0 Å². The fourth-order valence-electron chi connectivity index (χ4n) is 3.74. The molecule has 0 bridgehead atoms. The topological polar surface area (TPSA) is 63.3 Å². The van der Waals surface area contributed by atoms with E-state index in [4.69, 9.17) is 10.7 Å². The number of aliphatic imine (C=N–C) groups is 1. The maximum Gasteiger partial charge on any atom is 0.115 e. The molecule has 0 aliphatic rings. The summed E-state index contributed by atoms with van der Waals surface area (Å²) in [6.07, 6.45) is 9.87. The normalized spacial score (nSPS) is 13.9. The lowest BCUT2D eigenvalue weighted by molar-refractivity contribution is 0.622. The minimum atomic E-state index is -0.108. The Morgan fingerprint density at radius 2 is 1.94 bits per heavy atom. The van der Waals surface area contributed by atoms with Gasteiger partial charge in [0.25, 0.3) is 0 Å². The molecule has 4 nitrogen and oxygen atoms in total. The van der Waals surface area contributed by atoms with Gasteiger partial charge in [0.1, 0.15) is 6.17 Å². The number of benzene rings is 2. The van der Waals surface area contributed by atoms with Crippen LogP contribution in [0, 0.1) is 0 Å². The first kappa shape index (κ1) is 23.3. The van der Waals surface area contributed by atoms with Gasteiger partial charge in [-0.05, 0) is 69.2 Å². The van der Waals surface area contributed by atoms with E-state index in [0.717, 1.165) is 33.4 Å². The third kappa shape index (κ3) is 5.08. The maximum atomic E-state index is 6.52. The molecule has 1 aromatic heterocycles. The van der Waals surface area contributed by atoms with Gasteiger partial charge in [-0.25, -0.2) is 0 Å². The van der Waals surface area contributed by atoms with Crippen LogP contribution in [0.5, 0.6) is 0 Å². The molecule has 3 rings (SSSR count). The van der Waals surface area contributed by atoms with Crippen molar-refractivity contribution < 1.29 is 0 Å². The second-order valence-electron chi connectivity index (χ2n) is 8.67. The predicted molar refractivity (Wildman–Crippen MR) is 140 cm³/mol. The minimum absolute atomic E-state index is 0.0886. The highest BCUT2D eigenvalue weighted by Gasteiger charge is 2.24. The van der Waals surface area contributed by atoms with Crippen LogP contribution < -0.4 is 11.1 Å². The summed E-state index contributed by atoms with van der Waals surface area (Å²) in [7, 11) is 0. The van der Waals surface area contributed by atoms with Gasteiger partial charge in [-0.2, -0.15) is 0 Å². The minimum Gasteiger partial charge on any atom is -0.398 e. The first-order valence-electron chi connectivity index (χ1n) is 11.1. The van der Waals surface area contributed by atoms with Crippen molar-refractivity contribution in [1.82, 2.24) is 4.98 Å². The Kier molecular flexibility index (Phi) is 7.14. The summed E-state index contributed by atoms with van der Waals surface area (Å²) in [6.45, 7) is 12.8. The summed E-state index contributed by atoms with van der Waals surface area (Å²) in [6, 6.07) is 14.4. The molecule has 4 heteroatoms. The average molecular weight is 427 g/mol. The van der Waals surface area contributed by atoms with E-state index in [9.17, 15) is 0 Å². The molecule has 0 aliphatic heterocycles. The van der Waals surface area contributed by atoms with Crippen molar-refractivity contribution in [1.29, 1.82) is 0 Å². The molecule has 0 spiro atoms. The van der Waals surface area contributed by atoms with Crippen LogP contribution in [0.2, 0.25) is 0 Å². The Morgan fingerprint density at radius 3 is 2.66 bits per heavy atom. The summed E-state index contributed by atoms with van der Waals surface area (Å²) in [5.74, 6) is 0. The van der Waals surface area contributed by atoms with Gasteiger partial charge in [0.05, 0.1) is 5.52 Å². The van der Waals surface area contributed by atoms with Crippen LogP contribution in [0.1, 0.15) is 58.2 Å². The molecular weight excluding hydrogens is 392 g/mol. The molecule has 3 aromatic rings. The quantitative estimate of drug-likeness (QED) is 0.243. The number of nitrogens with two attached hydrogens (primary N) is 1. The van der Waals surface area contributed by atoms with Crippen LogP contribution >= 0.6 is 0 Å². The maximum absolute atomic E-state index is 6.52. The summed E-state index contributed by atoms with van der Waals surface area (Å²) in [5, 5.41) is 4.54. The van der Waals surface area contributed by atoms with Crippen molar-refractivity contribution in [2.75, 3.05) is 11.1 Å². The summed E-state index contributed by atoms with van der Waals surface area (Å²) in [5.41, 5.74) is 13.7. The van der Waals surface area contributed by atoms with Crippen molar-refractivity contribution >= 4 is 34.6 Å². The number of nitrogen functional groups attached to an aromatic ring is 1. The van der Waals surface area contributed by atoms with Crippen molar-refractivity contribution in [2.24, 2.45) is 4.99 Å². The summed E-state index contributed by atoms with van der Waals surface area (Å²) in [4.78, 5) is 9.11. The molecule has 0 fully saturated rings. The Hall–Kier alpha value is -3.40. The van der Waals surface area contributed by atoms with Crippen molar-refractivity contribution in [2.45, 2.75) is 53.1 Å². The second-order valence-corrected chi connectivity index (χ2v) is 8.67. The first-order chi connectivity index (χ1) is 15.3. The van der Waals surface area contributed by atoms with Gasteiger partial charge in [-0.1, -0.05) is 49.8 Å². The summed E-state index contributed by atoms with van der Waals surface area (Å²) >= 11 is 0. The highest BCUT2D eigenvalue weighted by molar-refractivity contribution is 5.92. The molecule has 166 valence electrons. The van der Waals surface area contributed by atoms with Gasteiger partial charge >= 0.3 is 0 Å². The molecule has 1 unspecified atom stereocenters. The number of fused-ring (bicyclic) bond motifs is 1. The molecule has 0 saturated carbocycles. The van der Waals surface area contributed by atoms with E-state index < -0.39 is 0 Å². The van der Waals surface area contributed by atoms with Crippen LogP contribution in [-0.4, -0.2) is 17.4 Å². The number of nitrogens with zero attached hydrogens (tertiary/aromatic N) is 2. The number of rotatable bonds is 7. The third-order valence-corrected chi connectivity index (χ3v) is 6.14. The van der Waals surface area contributed by atoms with E-state index in [2.05, 4.69) is 74.4 Å². The number of allylic oxidation sites excluding steroid dienone is 3. The van der Waals surface area contributed by atoms with Crippen molar-refractivity contribution in [3.8, 4) is 0 Å². The largest absolute Gasteiger partial charge is 0.398 e. The lowest BCUT2D eigenvalue weighted by Crippen LogP contribution is -2.20. The van der Waals surface area contributed by atoms with Crippen LogP contribution in [0.4, 0.5) is 11.4 Å². The van der Waals surface area contributed by atoms with E-state index in [1.807, 2.05) is 44.3 Å². The molecule has 32 heavy (non-hydrogen) atoms. The van der Waals surface area contributed by atoms with Gasteiger partial charge in [-0.3, -0.25) is 9.98 Å². The zero-order valence-electron chi connectivity index (χ0n) is 20.0. The Bertz CT molecular complexity index is 1190. The smallest absolute Gasteiger partial charge is 0.115 e. The lowest BCUT2D eigenvalue weighted by atomic mass is 9.77. The molecule has 2 aromatic carbocycles. The van der Waals surface area contributed by atoms with E-state index in [1.165, 1.54) is 11.1 Å². The molecule has 0 radical (unpaired) electrons. The summed E-state index contributed by atoms with van der Waals surface area (Å²) < 4.78 is 0. The van der Waals surface area contributed by atoms with Crippen molar-refractivity contribution in [3.63, 3.8) is 0 Å². The number of nitrogens with one attached hydrogen (secondary N) is 1. The highest BCUT2D eigenvalue weighted by atomic mass is 15.1. The van der Waals surface area contributed by atoms with Crippen LogP contribution in [0.3, 0.4) is 0 Å². The fraction of sp³-hybridized carbons (Fsp3) is 0.286. The number of hydrogen-bond acceptors (Lipinski definition) is 4. The standard InChI is InChI=1S/C28H34N4/c1-7-10-21-15-23(28(5,6)19(3)8-2)17-26(29)25(21)18-31-20(4)32-24-12-13-27-22(16-24)11-9-14-30-27/h7-18,20,32H,29H2,1-6H3/b10-7+,19-8-,31-18?. The Morgan fingerprint density at radius 1 is 1.16 bits per heavy atom. The number of pyridine rings is 1. The molecule has 0 amide bonds. The van der Waals surface area contributed by atoms with E-state index in [-0.39, 0.29) is 11.6 Å².